The van der Waals surface area contributed by atoms with Gasteiger partial charge in [0.05, 0.1) is 17.0 Å². The smallest absolute Gasteiger partial charge is 0.169 e. The first-order chi connectivity index (χ1) is 12.5. The molecule has 0 amide bonds. The zero-order chi connectivity index (χ0) is 18.3. The van der Waals surface area contributed by atoms with Gasteiger partial charge < -0.3 is 4.52 Å². The van der Waals surface area contributed by atoms with E-state index in [4.69, 9.17) is 9.52 Å². The van der Waals surface area contributed by atoms with Gasteiger partial charge in [-0.2, -0.15) is 0 Å². The molecule has 4 rings (SSSR count). The number of hydrogen-bond donors (Lipinski definition) is 0. The third-order valence-corrected chi connectivity index (χ3v) is 4.73. The van der Waals surface area contributed by atoms with Crippen molar-refractivity contribution in [1.82, 2.24) is 5.16 Å². The fraction of sp³-hybridized carbons (Fsp3) is 0.227. The number of aliphatic imine (C=N–C) groups is 1. The highest BCUT2D eigenvalue weighted by Crippen LogP contribution is 2.40. The van der Waals surface area contributed by atoms with Crippen molar-refractivity contribution in [2.24, 2.45) is 4.99 Å². The summed E-state index contributed by atoms with van der Waals surface area (Å²) >= 11 is 0. The van der Waals surface area contributed by atoms with Crippen molar-refractivity contribution in [3.05, 3.63) is 76.7 Å². The van der Waals surface area contributed by atoms with E-state index in [2.05, 4.69) is 48.5 Å². The summed E-state index contributed by atoms with van der Waals surface area (Å²) in [6, 6.07) is 16.1. The Morgan fingerprint density at radius 1 is 1.04 bits per heavy atom. The summed E-state index contributed by atoms with van der Waals surface area (Å²) in [5.41, 5.74) is 6.98. The molecule has 0 aliphatic carbocycles. The second-order valence-corrected chi connectivity index (χ2v) is 6.82. The van der Waals surface area contributed by atoms with E-state index >= 15 is 0 Å². The van der Waals surface area contributed by atoms with E-state index in [-0.39, 0.29) is 11.8 Å². The number of rotatable bonds is 3. The lowest BCUT2D eigenvalue weighted by Gasteiger charge is -2.11. The Hall–Kier alpha value is -3.01. The topological polar surface area (TPSA) is 55.5 Å². The first kappa shape index (κ1) is 16.5. The van der Waals surface area contributed by atoms with Crippen molar-refractivity contribution >= 4 is 11.5 Å². The minimum Gasteiger partial charge on any atom is -0.358 e. The number of aryl methyl sites for hydroxylation is 2. The maximum absolute atomic E-state index is 11.9. The maximum atomic E-state index is 11.9. The van der Waals surface area contributed by atoms with Gasteiger partial charge in [0.25, 0.3) is 0 Å². The summed E-state index contributed by atoms with van der Waals surface area (Å²) in [5, 5.41) is 4.15. The fourth-order valence-electron chi connectivity index (χ4n) is 3.49. The third kappa shape index (κ3) is 2.77. The molecule has 4 nitrogen and oxygen atoms in total. The van der Waals surface area contributed by atoms with Crippen LogP contribution in [-0.2, 0) is 4.79 Å². The lowest BCUT2D eigenvalue weighted by atomic mass is 9.92. The van der Waals surface area contributed by atoms with Crippen LogP contribution in [-0.4, -0.2) is 16.7 Å². The van der Waals surface area contributed by atoms with Crippen molar-refractivity contribution in [2.45, 2.75) is 33.2 Å². The molecular formula is C22H20N2O2. The van der Waals surface area contributed by atoms with E-state index < -0.39 is 0 Å². The molecule has 1 aromatic heterocycles. The molecule has 0 bridgehead atoms. The molecule has 1 atom stereocenters. The molecule has 1 aliphatic heterocycles. The molecule has 0 saturated heterocycles. The number of Topliss-reactive ketones (excluding diaryl/α,β-unsaturated/α-hetero) is 1. The summed E-state index contributed by atoms with van der Waals surface area (Å²) in [6.07, 6.45) is 0.297. The second kappa shape index (κ2) is 6.37. The van der Waals surface area contributed by atoms with Gasteiger partial charge in [-0.15, -0.1) is 0 Å². The molecule has 1 unspecified atom stereocenters. The zero-order valence-corrected chi connectivity index (χ0v) is 15.1. The Kier molecular flexibility index (Phi) is 4.03. The van der Waals surface area contributed by atoms with E-state index in [1.165, 1.54) is 5.56 Å². The Labute approximate surface area is 152 Å². The number of benzene rings is 2. The van der Waals surface area contributed by atoms with Gasteiger partial charge in [0.1, 0.15) is 11.8 Å². The van der Waals surface area contributed by atoms with Crippen LogP contribution in [0.2, 0.25) is 0 Å². The van der Waals surface area contributed by atoms with Crippen LogP contribution < -0.4 is 0 Å². The van der Waals surface area contributed by atoms with Crippen LogP contribution >= 0.6 is 0 Å². The van der Waals surface area contributed by atoms with E-state index in [0.29, 0.717) is 12.2 Å². The number of fused-ring (bicyclic) bond motifs is 3. The van der Waals surface area contributed by atoms with Gasteiger partial charge in [-0.05, 0) is 26.3 Å². The molecule has 3 aromatic rings. The van der Waals surface area contributed by atoms with Gasteiger partial charge in [0.2, 0.25) is 0 Å². The van der Waals surface area contributed by atoms with Crippen LogP contribution in [0.5, 0.6) is 0 Å². The average Bonchev–Trinajstić information content (AvgIpc) is 2.94. The monoisotopic (exact) mass is 344 g/mol. The van der Waals surface area contributed by atoms with Crippen molar-refractivity contribution in [2.75, 3.05) is 0 Å². The normalized spacial score (nSPS) is 15.7. The molecule has 0 fully saturated rings. The van der Waals surface area contributed by atoms with E-state index in [0.717, 1.165) is 33.7 Å². The zero-order valence-electron chi connectivity index (χ0n) is 15.1. The SMILES string of the molecule is CC(=O)CC1N=C(c2ccc(C)cc2)c2ccccc2-c2c(C)noc21. The summed E-state index contributed by atoms with van der Waals surface area (Å²) < 4.78 is 5.63. The lowest BCUT2D eigenvalue weighted by Crippen LogP contribution is -2.07. The first-order valence-corrected chi connectivity index (χ1v) is 8.75. The summed E-state index contributed by atoms with van der Waals surface area (Å²) in [5.74, 6) is 0.750. The average molecular weight is 344 g/mol. The molecule has 26 heavy (non-hydrogen) atoms. The lowest BCUT2D eigenvalue weighted by molar-refractivity contribution is -0.117. The van der Waals surface area contributed by atoms with Crippen LogP contribution in [0.25, 0.3) is 11.1 Å². The Morgan fingerprint density at radius 2 is 1.73 bits per heavy atom. The van der Waals surface area contributed by atoms with Gasteiger partial charge in [0, 0.05) is 17.5 Å². The van der Waals surface area contributed by atoms with Crippen molar-refractivity contribution < 1.29 is 9.32 Å². The molecule has 0 spiro atoms. The van der Waals surface area contributed by atoms with Gasteiger partial charge in [-0.25, -0.2) is 0 Å². The fourth-order valence-corrected chi connectivity index (χ4v) is 3.49. The van der Waals surface area contributed by atoms with Crippen molar-refractivity contribution in [1.29, 1.82) is 0 Å². The summed E-state index contributed by atoms with van der Waals surface area (Å²) in [6.45, 7) is 5.58. The molecule has 2 heterocycles. The highest BCUT2D eigenvalue weighted by Gasteiger charge is 2.30. The number of nitrogens with zero attached hydrogens (tertiary/aromatic N) is 2. The molecule has 4 heteroatoms. The van der Waals surface area contributed by atoms with E-state index in [9.17, 15) is 4.79 Å². The molecule has 0 radical (unpaired) electrons. The first-order valence-electron chi connectivity index (χ1n) is 8.75. The third-order valence-electron chi connectivity index (χ3n) is 4.73. The summed E-state index contributed by atoms with van der Waals surface area (Å²) in [4.78, 5) is 16.8. The maximum Gasteiger partial charge on any atom is 0.169 e. The Balaban J connectivity index is 1.99. The number of aromatic nitrogens is 1. The van der Waals surface area contributed by atoms with Gasteiger partial charge in [-0.1, -0.05) is 59.3 Å². The minimum atomic E-state index is -0.368. The molecular weight excluding hydrogens is 324 g/mol. The quantitative estimate of drug-likeness (QED) is 0.684. The van der Waals surface area contributed by atoms with Crippen molar-refractivity contribution in [3.8, 4) is 11.1 Å². The van der Waals surface area contributed by atoms with Gasteiger partial charge in [-0.3, -0.25) is 9.79 Å². The van der Waals surface area contributed by atoms with E-state index in [1.54, 1.807) is 6.92 Å². The molecule has 130 valence electrons. The van der Waals surface area contributed by atoms with Crippen LogP contribution in [0, 0.1) is 13.8 Å². The molecule has 1 aliphatic rings. The number of ketones is 1. The molecule has 0 saturated carbocycles. The van der Waals surface area contributed by atoms with Gasteiger partial charge in [0.15, 0.2) is 5.76 Å². The van der Waals surface area contributed by atoms with Crippen LogP contribution in [0.3, 0.4) is 0 Å². The highest BCUT2D eigenvalue weighted by atomic mass is 16.5. The van der Waals surface area contributed by atoms with Crippen LogP contribution in [0.1, 0.15) is 47.5 Å². The number of carbonyl (C=O) groups is 1. The predicted molar refractivity (Wildman–Crippen MR) is 102 cm³/mol. The largest absolute Gasteiger partial charge is 0.358 e. The number of hydrogen-bond acceptors (Lipinski definition) is 4. The summed E-state index contributed by atoms with van der Waals surface area (Å²) in [7, 11) is 0. The Morgan fingerprint density at radius 3 is 2.42 bits per heavy atom. The Bertz CT molecular complexity index is 1010. The second-order valence-electron chi connectivity index (χ2n) is 6.82. The highest BCUT2D eigenvalue weighted by molar-refractivity contribution is 6.17. The van der Waals surface area contributed by atoms with Gasteiger partial charge >= 0.3 is 0 Å². The molecule has 0 N–H and O–H groups in total. The minimum absolute atomic E-state index is 0.0768. The molecule has 2 aromatic carbocycles. The standard InChI is InChI=1S/C22H20N2O2/c1-13-8-10-16(11-9-13)21-18-7-5-4-6-17(18)20-15(3)24-26-22(20)19(23-21)12-14(2)25/h4-11,19H,12H2,1-3H3. The van der Waals surface area contributed by atoms with Crippen LogP contribution in [0.15, 0.2) is 58.0 Å². The van der Waals surface area contributed by atoms with E-state index in [1.807, 2.05) is 19.1 Å². The predicted octanol–water partition coefficient (Wildman–Crippen LogP) is 4.83. The van der Waals surface area contributed by atoms with Crippen LogP contribution in [0.4, 0.5) is 0 Å². The van der Waals surface area contributed by atoms with Crippen molar-refractivity contribution in [3.63, 3.8) is 0 Å². The number of carbonyl (C=O) groups excluding carboxylic acids is 1.